The highest BCUT2D eigenvalue weighted by Gasteiger charge is 2.12. The normalized spacial score (nSPS) is 12.6. The SMILES string of the molecule is CCCOc1c(F)cc(CC(C)N)cc1F. The molecule has 1 atom stereocenters. The van der Waals surface area contributed by atoms with Gasteiger partial charge in [-0.1, -0.05) is 6.92 Å². The number of hydrogen-bond donors (Lipinski definition) is 1. The third kappa shape index (κ3) is 3.45. The van der Waals surface area contributed by atoms with Gasteiger partial charge in [0.05, 0.1) is 6.61 Å². The first kappa shape index (κ1) is 12.9. The van der Waals surface area contributed by atoms with Crippen LogP contribution in [0.15, 0.2) is 12.1 Å². The molecule has 1 aromatic carbocycles. The third-order valence-electron chi connectivity index (χ3n) is 2.07. The summed E-state index contributed by atoms with van der Waals surface area (Å²) in [5, 5.41) is 0. The summed E-state index contributed by atoms with van der Waals surface area (Å²) in [6.07, 6.45) is 1.16. The largest absolute Gasteiger partial charge is 0.488 e. The molecule has 1 rings (SSSR count). The van der Waals surface area contributed by atoms with Gasteiger partial charge < -0.3 is 10.5 Å². The van der Waals surface area contributed by atoms with Crippen LogP contribution in [0.25, 0.3) is 0 Å². The Kier molecular flexibility index (Phi) is 4.68. The van der Waals surface area contributed by atoms with Crippen LogP contribution in [0, 0.1) is 11.6 Å². The minimum absolute atomic E-state index is 0.124. The first-order valence-corrected chi connectivity index (χ1v) is 5.41. The summed E-state index contributed by atoms with van der Waals surface area (Å²) in [5.41, 5.74) is 6.12. The average Bonchev–Trinajstić information content (AvgIpc) is 2.15. The van der Waals surface area contributed by atoms with Crippen molar-refractivity contribution in [3.8, 4) is 5.75 Å². The van der Waals surface area contributed by atoms with Crippen molar-refractivity contribution in [2.24, 2.45) is 5.73 Å². The smallest absolute Gasteiger partial charge is 0.190 e. The molecule has 1 unspecified atom stereocenters. The minimum atomic E-state index is -0.663. The van der Waals surface area contributed by atoms with Gasteiger partial charge in [0.15, 0.2) is 17.4 Å². The summed E-state index contributed by atoms with van der Waals surface area (Å²) < 4.78 is 32.0. The standard InChI is InChI=1S/C12H17F2NO/c1-3-4-16-12-10(13)6-9(5-8(2)15)7-11(12)14/h6-8H,3-5,15H2,1-2H3. The maximum atomic E-state index is 13.5. The second-order valence-electron chi connectivity index (χ2n) is 3.92. The number of hydrogen-bond acceptors (Lipinski definition) is 2. The van der Waals surface area contributed by atoms with Crippen LogP contribution in [-0.4, -0.2) is 12.6 Å². The molecule has 2 N–H and O–H groups in total. The molecular weight excluding hydrogens is 212 g/mol. The Bertz CT molecular complexity index is 330. The van der Waals surface area contributed by atoms with Crippen LogP contribution in [-0.2, 0) is 6.42 Å². The van der Waals surface area contributed by atoms with Crippen molar-refractivity contribution < 1.29 is 13.5 Å². The monoisotopic (exact) mass is 229 g/mol. The van der Waals surface area contributed by atoms with E-state index in [0.29, 0.717) is 25.0 Å². The molecule has 4 heteroatoms. The molecule has 0 heterocycles. The Morgan fingerprint density at radius 3 is 2.31 bits per heavy atom. The first-order valence-electron chi connectivity index (χ1n) is 5.41. The van der Waals surface area contributed by atoms with E-state index < -0.39 is 11.6 Å². The van der Waals surface area contributed by atoms with Crippen molar-refractivity contribution in [2.45, 2.75) is 32.7 Å². The Morgan fingerprint density at radius 2 is 1.88 bits per heavy atom. The average molecular weight is 229 g/mol. The number of rotatable bonds is 5. The second kappa shape index (κ2) is 5.80. The Labute approximate surface area is 94.4 Å². The summed E-state index contributed by atoms with van der Waals surface area (Å²) in [6.45, 7) is 3.97. The van der Waals surface area contributed by atoms with Crippen LogP contribution in [0.3, 0.4) is 0 Å². The highest BCUT2D eigenvalue weighted by atomic mass is 19.1. The Balaban J connectivity index is 2.89. The minimum Gasteiger partial charge on any atom is -0.488 e. The van der Waals surface area contributed by atoms with Crippen molar-refractivity contribution in [3.05, 3.63) is 29.3 Å². The van der Waals surface area contributed by atoms with E-state index in [4.69, 9.17) is 10.5 Å². The number of nitrogens with two attached hydrogens (primary N) is 1. The summed E-state index contributed by atoms with van der Waals surface area (Å²) in [6, 6.07) is 2.43. The summed E-state index contributed by atoms with van der Waals surface area (Å²) >= 11 is 0. The molecule has 0 aliphatic heterocycles. The van der Waals surface area contributed by atoms with E-state index in [2.05, 4.69) is 0 Å². The molecule has 2 nitrogen and oxygen atoms in total. The van der Waals surface area contributed by atoms with Gasteiger partial charge in [-0.2, -0.15) is 0 Å². The van der Waals surface area contributed by atoms with Crippen molar-refractivity contribution in [1.29, 1.82) is 0 Å². The van der Waals surface area contributed by atoms with E-state index in [0.717, 1.165) is 0 Å². The van der Waals surface area contributed by atoms with E-state index in [1.54, 1.807) is 6.92 Å². The topological polar surface area (TPSA) is 35.2 Å². The molecule has 0 saturated heterocycles. The van der Waals surface area contributed by atoms with Gasteiger partial charge in [-0.25, -0.2) is 8.78 Å². The molecule has 0 aliphatic rings. The molecule has 90 valence electrons. The fraction of sp³-hybridized carbons (Fsp3) is 0.500. The predicted octanol–water partition coefficient (Wildman–Crippen LogP) is 2.64. The van der Waals surface area contributed by atoms with Crippen LogP contribution in [0.1, 0.15) is 25.8 Å². The van der Waals surface area contributed by atoms with E-state index in [1.165, 1.54) is 12.1 Å². The summed E-state index contributed by atoms with van der Waals surface area (Å²) in [7, 11) is 0. The van der Waals surface area contributed by atoms with E-state index >= 15 is 0 Å². The molecule has 0 amide bonds. The lowest BCUT2D eigenvalue weighted by molar-refractivity contribution is 0.284. The van der Waals surface area contributed by atoms with E-state index in [1.807, 2.05) is 6.92 Å². The molecule has 0 fully saturated rings. The number of halogens is 2. The fourth-order valence-corrected chi connectivity index (χ4v) is 1.44. The highest BCUT2D eigenvalue weighted by Crippen LogP contribution is 2.24. The number of benzene rings is 1. The highest BCUT2D eigenvalue weighted by molar-refractivity contribution is 5.31. The predicted molar refractivity (Wildman–Crippen MR) is 59.5 cm³/mol. The zero-order valence-electron chi connectivity index (χ0n) is 9.59. The van der Waals surface area contributed by atoms with Gasteiger partial charge in [-0.05, 0) is 37.5 Å². The lowest BCUT2D eigenvalue weighted by atomic mass is 10.1. The van der Waals surface area contributed by atoms with E-state index in [9.17, 15) is 8.78 Å². The molecule has 0 spiro atoms. The number of ether oxygens (including phenoxy) is 1. The van der Waals surface area contributed by atoms with Crippen LogP contribution in [0.5, 0.6) is 5.75 Å². The maximum Gasteiger partial charge on any atom is 0.190 e. The van der Waals surface area contributed by atoms with Gasteiger partial charge in [0.25, 0.3) is 0 Å². The quantitative estimate of drug-likeness (QED) is 0.842. The summed E-state index contributed by atoms with van der Waals surface area (Å²) in [4.78, 5) is 0. The van der Waals surface area contributed by atoms with Crippen LogP contribution < -0.4 is 10.5 Å². The molecule has 16 heavy (non-hydrogen) atoms. The van der Waals surface area contributed by atoms with Gasteiger partial charge in [-0.3, -0.25) is 0 Å². The van der Waals surface area contributed by atoms with E-state index in [-0.39, 0.29) is 11.8 Å². The fourth-order valence-electron chi connectivity index (χ4n) is 1.44. The van der Waals surface area contributed by atoms with Gasteiger partial charge in [0.1, 0.15) is 0 Å². The van der Waals surface area contributed by atoms with Crippen LogP contribution in [0.4, 0.5) is 8.78 Å². The lowest BCUT2D eigenvalue weighted by Crippen LogP contribution is -2.18. The zero-order chi connectivity index (χ0) is 12.1. The molecule has 0 saturated carbocycles. The molecule has 0 aliphatic carbocycles. The van der Waals surface area contributed by atoms with Crippen molar-refractivity contribution >= 4 is 0 Å². The molecule has 0 radical (unpaired) electrons. The molecule has 0 aromatic heterocycles. The molecule has 0 bridgehead atoms. The van der Waals surface area contributed by atoms with Crippen LogP contribution in [0.2, 0.25) is 0 Å². The second-order valence-corrected chi connectivity index (χ2v) is 3.92. The van der Waals surface area contributed by atoms with Crippen LogP contribution >= 0.6 is 0 Å². The van der Waals surface area contributed by atoms with Crippen molar-refractivity contribution in [2.75, 3.05) is 6.61 Å². The summed E-state index contributed by atoms with van der Waals surface area (Å²) in [5.74, 6) is -1.62. The Hall–Kier alpha value is -1.16. The van der Waals surface area contributed by atoms with Crippen molar-refractivity contribution in [1.82, 2.24) is 0 Å². The van der Waals surface area contributed by atoms with Gasteiger partial charge in [-0.15, -0.1) is 0 Å². The van der Waals surface area contributed by atoms with Crippen molar-refractivity contribution in [3.63, 3.8) is 0 Å². The van der Waals surface area contributed by atoms with Gasteiger partial charge in [0.2, 0.25) is 0 Å². The third-order valence-corrected chi connectivity index (χ3v) is 2.07. The lowest BCUT2D eigenvalue weighted by Gasteiger charge is -2.10. The molecular formula is C12H17F2NO. The first-order chi connectivity index (χ1) is 7.54. The van der Waals surface area contributed by atoms with Gasteiger partial charge in [0, 0.05) is 6.04 Å². The molecule has 1 aromatic rings. The Morgan fingerprint density at radius 1 is 1.31 bits per heavy atom. The zero-order valence-corrected chi connectivity index (χ0v) is 9.59. The maximum absolute atomic E-state index is 13.5. The van der Waals surface area contributed by atoms with Gasteiger partial charge >= 0.3 is 0 Å².